The zero-order valence-electron chi connectivity index (χ0n) is 28.5. The van der Waals surface area contributed by atoms with Crippen molar-refractivity contribution < 1.29 is 27.8 Å². The van der Waals surface area contributed by atoms with Gasteiger partial charge in [-0.25, -0.2) is 4.98 Å². The van der Waals surface area contributed by atoms with Gasteiger partial charge in [0.25, 0.3) is 0 Å². The van der Waals surface area contributed by atoms with E-state index in [2.05, 4.69) is 20.4 Å². The number of hydrogen-bond donors (Lipinski definition) is 2. The highest BCUT2D eigenvalue weighted by atomic mass is 35.5. The van der Waals surface area contributed by atoms with Crippen LogP contribution in [-0.2, 0) is 22.7 Å². The number of alkyl halides is 2. The number of pyridine rings is 1. The van der Waals surface area contributed by atoms with Gasteiger partial charge in [-0.05, 0) is 30.5 Å². The summed E-state index contributed by atoms with van der Waals surface area (Å²) in [6.45, 7) is 0.972. The van der Waals surface area contributed by atoms with Gasteiger partial charge in [-0.1, -0.05) is 77.8 Å². The first-order chi connectivity index (χ1) is 25.0. The van der Waals surface area contributed by atoms with Crippen LogP contribution in [-0.4, -0.2) is 77.6 Å². The van der Waals surface area contributed by atoms with Gasteiger partial charge in [0.2, 0.25) is 17.7 Å². The van der Waals surface area contributed by atoms with Crippen molar-refractivity contribution in [3.63, 3.8) is 0 Å². The molecule has 0 atom stereocenters. The molecule has 2 amide bonds. The molecule has 270 valence electrons. The largest absolute Gasteiger partial charge is 0.481 e. The zero-order valence-corrected chi connectivity index (χ0v) is 30.0. The van der Waals surface area contributed by atoms with Crippen molar-refractivity contribution in [2.75, 3.05) is 33.3 Å². The molecule has 4 aromatic rings. The molecule has 3 aromatic carbocycles. The summed E-state index contributed by atoms with van der Waals surface area (Å²) in [6, 6.07) is 20.4. The molecule has 52 heavy (non-hydrogen) atoms. The molecule has 0 saturated carbocycles. The van der Waals surface area contributed by atoms with Gasteiger partial charge in [-0.15, -0.1) is 0 Å². The highest BCUT2D eigenvalue weighted by Gasteiger charge is 2.48. The van der Waals surface area contributed by atoms with E-state index in [0.717, 1.165) is 31.5 Å². The number of nitrogens with one attached hydrogen (secondary N) is 2. The highest BCUT2D eigenvalue weighted by Crippen LogP contribution is 2.44. The Kier molecular flexibility index (Phi) is 9.10. The summed E-state index contributed by atoms with van der Waals surface area (Å²) in [5.74, 6) is 0.748. The highest BCUT2D eigenvalue weighted by molar-refractivity contribution is 6.39. The van der Waals surface area contributed by atoms with Crippen molar-refractivity contribution in [3.05, 3.63) is 87.9 Å². The predicted molar refractivity (Wildman–Crippen MR) is 195 cm³/mol. The third kappa shape index (κ3) is 6.59. The van der Waals surface area contributed by atoms with Crippen molar-refractivity contribution in [1.82, 2.24) is 25.4 Å². The number of carbonyl (C=O) groups is 2. The van der Waals surface area contributed by atoms with Crippen LogP contribution in [0.4, 0.5) is 8.78 Å². The predicted octanol–water partition coefficient (Wildman–Crippen LogP) is 6.93. The Labute approximate surface area is 310 Å². The third-order valence-corrected chi connectivity index (χ3v) is 11.5. The van der Waals surface area contributed by atoms with Crippen molar-refractivity contribution in [1.29, 1.82) is 0 Å². The fraction of sp³-hybridized carbons (Fsp3) is 0.359. The summed E-state index contributed by atoms with van der Waals surface area (Å²) in [6.07, 6.45) is 2.74. The molecule has 0 unspecified atom stereocenters. The fourth-order valence-electron chi connectivity index (χ4n) is 8.22. The quantitative estimate of drug-likeness (QED) is 0.182. The molecule has 0 bridgehead atoms. The molecule has 0 radical (unpaired) electrons. The summed E-state index contributed by atoms with van der Waals surface area (Å²) in [5.41, 5.74) is 5.18. The lowest BCUT2D eigenvalue weighted by molar-refractivity contribution is -0.121. The third-order valence-electron chi connectivity index (χ3n) is 10.7. The minimum atomic E-state index is -3.00. The number of nitrogens with zero attached hydrogens (tertiary/aromatic N) is 3. The second kappa shape index (κ2) is 13.6. The molecular formula is C39H37Cl2F2N5O4. The SMILES string of the molecule is COc1nc(-c2cccc(-c3cccc(-c4ccc(CN5CC6(CCC(=O)N6)C5)c(OC(F)F)c4)c3Cl)c2Cl)ccc1CN1CC2(CCC(=O)N2)C1. The molecule has 5 heterocycles. The van der Waals surface area contributed by atoms with Crippen molar-refractivity contribution in [2.24, 2.45) is 0 Å². The summed E-state index contributed by atoms with van der Waals surface area (Å²) in [7, 11) is 1.59. The molecule has 4 aliphatic rings. The Morgan fingerprint density at radius 3 is 1.87 bits per heavy atom. The second-order valence-corrected chi connectivity index (χ2v) is 15.1. The number of likely N-dealkylation sites (tertiary alicyclic amines) is 2. The van der Waals surface area contributed by atoms with Gasteiger partial charge < -0.3 is 20.1 Å². The second-order valence-electron chi connectivity index (χ2n) is 14.3. The van der Waals surface area contributed by atoms with Crippen LogP contribution in [0.2, 0.25) is 10.0 Å². The van der Waals surface area contributed by atoms with E-state index in [1.165, 1.54) is 0 Å². The first kappa shape index (κ1) is 34.8. The molecule has 1 aromatic heterocycles. The number of carbonyl (C=O) groups excluding carboxylic acids is 2. The van der Waals surface area contributed by atoms with Crippen LogP contribution in [0.3, 0.4) is 0 Å². The molecule has 2 spiro atoms. The minimum Gasteiger partial charge on any atom is -0.481 e. The fourth-order valence-corrected chi connectivity index (χ4v) is 8.88. The Morgan fingerprint density at radius 2 is 1.31 bits per heavy atom. The first-order valence-electron chi connectivity index (χ1n) is 17.3. The summed E-state index contributed by atoms with van der Waals surface area (Å²) < 4.78 is 37.9. The molecule has 4 fully saturated rings. The van der Waals surface area contributed by atoms with E-state index in [-0.39, 0.29) is 28.6 Å². The maximum absolute atomic E-state index is 13.6. The van der Waals surface area contributed by atoms with E-state index < -0.39 is 6.61 Å². The van der Waals surface area contributed by atoms with E-state index in [4.69, 9.17) is 37.7 Å². The van der Waals surface area contributed by atoms with Crippen LogP contribution < -0.4 is 20.1 Å². The molecule has 13 heteroatoms. The number of hydrogen-bond acceptors (Lipinski definition) is 7. The lowest BCUT2D eigenvalue weighted by atomic mass is 9.88. The van der Waals surface area contributed by atoms with E-state index >= 15 is 0 Å². The minimum absolute atomic E-state index is 0.0538. The number of amides is 2. The summed E-state index contributed by atoms with van der Waals surface area (Å²) >= 11 is 14.2. The Bertz CT molecular complexity index is 2070. The number of benzene rings is 3. The lowest BCUT2D eigenvalue weighted by Gasteiger charge is -2.48. The van der Waals surface area contributed by atoms with Crippen molar-refractivity contribution >= 4 is 35.0 Å². The van der Waals surface area contributed by atoms with Crippen LogP contribution in [0.1, 0.15) is 36.8 Å². The zero-order chi connectivity index (χ0) is 36.2. The van der Waals surface area contributed by atoms with Gasteiger partial charge in [0, 0.05) is 85.5 Å². The monoisotopic (exact) mass is 747 g/mol. The Morgan fingerprint density at radius 1 is 0.769 bits per heavy atom. The molecule has 8 rings (SSSR count). The standard InChI is InChI=1S/C39H37Cl2F2N5O4/c1-51-36-25(18-48-21-39(22-48)15-13-33(50)46-39)10-11-30(44-36)29-7-3-6-28(35(29)41)27-5-2-4-26(34(27)40)23-8-9-24(31(16-23)52-37(42)43)17-47-19-38(20-47)14-12-32(49)45-38/h2-11,16,37H,12-15,17-22H2,1H3,(H,45,49)(H,46,50). The van der Waals surface area contributed by atoms with Gasteiger partial charge >= 0.3 is 6.61 Å². The Balaban J connectivity index is 1.03. The van der Waals surface area contributed by atoms with Crippen LogP contribution in [0.15, 0.2) is 66.7 Å². The van der Waals surface area contributed by atoms with Gasteiger partial charge in [-0.2, -0.15) is 8.78 Å². The van der Waals surface area contributed by atoms with Crippen LogP contribution >= 0.6 is 23.2 Å². The normalized spacial score (nSPS) is 19.1. The molecule has 9 nitrogen and oxygen atoms in total. The average Bonchev–Trinajstić information content (AvgIpc) is 3.68. The maximum Gasteiger partial charge on any atom is 0.387 e. The molecule has 4 saturated heterocycles. The van der Waals surface area contributed by atoms with E-state index in [0.29, 0.717) is 94.0 Å². The molecular weight excluding hydrogens is 711 g/mol. The number of halogens is 4. The van der Waals surface area contributed by atoms with Gasteiger partial charge in [0.1, 0.15) is 5.75 Å². The van der Waals surface area contributed by atoms with Crippen LogP contribution in [0, 0.1) is 0 Å². The van der Waals surface area contributed by atoms with E-state index in [1.54, 1.807) is 19.2 Å². The maximum atomic E-state index is 13.6. The summed E-state index contributed by atoms with van der Waals surface area (Å²) in [4.78, 5) is 32.7. The topological polar surface area (TPSA) is 96.0 Å². The molecule has 2 N–H and O–H groups in total. The van der Waals surface area contributed by atoms with Crippen molar-refractivity contribution in [2.45, 2.75) is 56.5 Å². The van der Waals surface area contributed by atoms with Crippen molar-refractivity contribution in [3.8, 4) is 45.1 Å². The van der Waals surface area contributed by atoms with Crippen LogP contribution in [0.5, 0.6) is 11.6 Å². The van der Waals surface area contributed by atoms with E-state index in [1.807, 2.05) is 54.6 Å². The van der Waals surface area contributed by atoms with Gasteiger partial charge in [0.15, 0.2) is 0 Å². The first-order valence-corrected chi connectivity index (χ1v) is 18.0. The van der Waals surface area contributed by atoms with E-state index in [9.17, 15) is 18.4 Å². The number of aromatic nitrogens is 1. The number of methoxy groups -OCH3 is 1. The number of ether oxygens (including phenoxy) is 2. The number of rotatable bonds is 10. The van der Waals surface area contributed by atoms with Gasteiger partial charge in [0.05, 0.1) is 33.9 Å². The van der Waals surface area contributed by atoms with Gasteiger partial charge in [-0.3, -0.25) is 19.4 Å². The van der Waals surface area contributed by atoms with Crippen LogP contribution in [0.25, 0.3) is 33.5 Å². The lowest BCUT2D eigenvalue weighted by Crippen LogP contribution is -2.66. The molecule has 4 aliphatic heterocycles. The average molecular weight is 749 g/mol. The Hall–Kier alpha value is -4.29. The summed E-state index contributed by atoms with van der Waals surface area (Å²) in [5, 5.41) is 7.03. The smallest absolute Gasteiger partial charge is 0.387 e. The molecule has 0 aliphatic carbocycles.